The zero-order valence-corrected chi connectivity index (χ0v) is 16.0. The average molecular weight is 416 g/mol. The summed E-state index contributed by atoms with van der Waals surface area (Å²) in [7, 11) is -7.84. The van der Waals surface area contributed by atoms with Crippen LogP contribution in [0.25, 0.3) is 0 Å². The molecule has 0 saturated carbocycles. The fraction of sp³-hybridized carbons (Fsp3) is 0. The van der Waals surface area contributed by atoms with Crippen LogP contribution in [-0.2, 0) is 28.8 Å². The molecular weight excluding hydrogens is 400 g/mol. The number of hydrogen-bond donors (Lipinski definition) is 4. The molecule has 0 heterocycles. The topological polar surface area (TPSA) is 164 Å². The summed E-state index contributed by atoms with van der Waals surface area (Å²) in [4.78, 5) is 48.8. The van der Waals surface area contributed by atoms with Gasteiger partial charge >= 0.3 is 0 Å². The molecule has 0 aliphatic carbocycles. The highest BCUT2D eigenvalue weighted by Gasteiger charge is 2.25. The Morgan fingerprint density at radius 2 is 0.857 bits per heavy atom. The van der Waals surface area contributed by atoms with E-state index >= 15 is 0 Å². The van der Waals surface area contributed by atoms with Crippen molar-refractivity contribution in [1.29, 1.82) is 19.1 Å². The molecule has 0 aliphatic rings. The average Bonchev–Trinajstić information content (AvgIpc) is 2.71. The highest BCUT2D eigenvalue weighted by atomic mass is 32.2. The van der Waals surface area contributed by atoms with E-state index in [2.05, 4.69) is 0 Å². The minimum atomic E-state index is -3.92. The third-order valence-electron chi connectivity index (χ3n) is 3.53. The van der Waals surface area contributed by atoms with Crippen molar-refractivity contribution in [3.05, 3.63) is 83.9 Å². The Hall–Kier alpha value is -3.24. The number of nitrogens with one attached hydrogen (secondary N) is 4. The Labute approximate surface area is 162 Å². The van der Waals surface area contributed by atoms with E-state index in [0.29, 0.717) is 12.2 Å². The van der Waals surface area contributed by atoms with Gasteiger partial charge in [0.15, 0.2) is 0 Å². The van der Waals surface area contributed by atoms with Gasteiger partial charge in [-0.15, -0.1) is 0 Å². The molecule has 2 rings (SSSR count). The van der Waals surface area contributed by atoms with E-state index in [1.165, 1.54) is 48.5 Å². The number of carbonyl (C=O) groups excluding carboxylic acids is 4. The summed E-state index contributed by atoms with van der Waals surface area (Å²) in [5.74, 6) is 0. The van der Waals surface area contributed by atoms with Crippen molar-refractivity contribution in [1.82, 2.24) is 0 Å². The fourth-order valence-corrected chi connectivity index (χ4v) is 3.91. The number of rotatable bonds is 4. The molecule has 8 nitrogen and oxygen atoms in total. The smallest absolute Gasteiger partial charge is 0.245 e. The van der Waals surface area contributed by atoms with Gasteiger partial charge in [0.25, 0.3) is 0 Å². The first kappa shape index (κ1) is 21.1. The molecule has 0 bridgehead atoms. The second kappa shape index (κ2) is 8.19. The van der Waals surface area contributed by atoms with Crippen LogP contribution in [-0.4, -0.2) is 20.5 Å². The van der Waals surface area contributed by atoms with Crippen LogP contribution in [0.5, 0.6) is 0 Å². The Bertz CT molecular complexity index is 1090. The first-order valence-electron chi connectivity index (χ1n) is 7.68. The van der Waals surface area contributed by atoms with E-state index in [-0.39, 0.29) is 11.1 Å². The van der Waals surface area contributed by atoms with Gasteiger partial charge in [0.2, 0.25) is 20.5 Å². The monoisotopic (exact) mass is 416 g/mol. The molecule has 0 unspecified atom stereocenters. The fourth-order valence-electron chi connectivity index (χ4n) is 2.02. The predicted molar refractivity (Wildman–Crippen MR) is 106 cm³/mol. The van der Waals surface area contributed by atoms with E-state index in [0.717, 1.165) is 0 Å². The molecule has 0 atom stereocenters. The van der Waals surface area contributed by atoms with E-state index in [4.69, 9.17) is 19.1 Å². The number of hydrogen-bond acceptors (Lipinski definition) is 8. The van der Waals surface area contributed by atoms with Crippen LogP contribution in [0.3, 0.4) is 0 Å². The summed E-state index contributed by atoms with van der Waals surface area (Å²) in [6, 6.07) is 14.9. The third kappa shape index (κ3) is 4.35. The Morgan fingerprint density at radius 1 is 0.571 bits per heavy atom. The summed E-state index contributed by atoms with van der Waals surface area (Å²) in [6.45, 7) is 0. The van der Waals surface area contributed by atoms with E-state index in [9.17, 15) is 19.2 Å². The van der Waals surface area contributed by atoms with Crippen molar-refractivity contribution in [3.8, 4) is 0 Å². The van der Waals surface area contributed by atoms with Crippen molar-refractivity contribution in [2.24, 2.45) is 0 Å². The summed E-state index contributed by atoms with van der Waals surface area (Å²) in [6.07, 6.45) is 1.09. The second-order valence-electron chi connectivity index (χ2n) is 5.50. The second-order valence-corrected chi connectivity index (χ2v) is 9.50. The Balaban J connectivity index is 2.22. The zero-order chi connectivity index (χ0) is 20.9. The summed E-state index contributed by atoms with van der Waals surface area (Å²) < 4.78 is 31.3. The number of benzene rings is 2. The summed E-state index contributed by atoms with van der Waals surface area (Å²) in [5, 5.41) is -4.44. The molecule has 0 aromatic heterocycles. The van der Waals surface area contributed by atoms with Gasteiger partial charge in [-0.05, 0) is 12.2 Å². The van der Waals surface area contributed by atoms with Crippen LogP contribution < -0.4 is 0 Å². The van der Waals surface area contributed by atoms with Gasteiger partial charge < -0.3 is 0 Å². The molecule has 0 saturated heterocycles. The van der Waals surface area contributed by atoms with Crippen LogP contribution in [0.1, 0.15) is 20.7 Å². The molecule has 0 radical (unpaired) electrons. The van der Waals surface area contributed by atoms with Crippen LogP contribution in [0.4, 0.5) is 0 Å². The molecule has 2 aromatic rings. The normalized spacial score (nSPS) is 11.9. The van der Waals surface area contributed by atoms with Gasteiger partial charge in [-0.1, -0.05) is 60.7 Å². The number of carbonyl (C=O) groups is 4. The molecule has 0 spiro atoms. The first-order valence-corrected chi connectivity index (χ1v) is 10.9. The van der Waals surface area contributed by atoms with Crippen molar-refractivity contribution >= 4 is 39.7 Å². The SMILES string of the molecule is N=S(=N)(C(=O)/C=C\C(=O)S(=N)(=N)C(=O)c1ccccc1)C(=O)c1ccccc1. The van der Waals surface area contributed by atoms with Crippen LogP contribution in [0, 0.1) is 19.1 Å². The maximum atomic E-state index is 12.2. The van der Waals surface area contributed by atoms with Gasteiger partial charge in [-0.3, -0.25) is 38.3 Å². The van der Waals surface area contributed by atoms with Crippen molar-refractivity contribution in [2.75, 3.05) is 0 Å². The Kier molecular flexibility index (Phi) is 6.16. The van der Waals surface area contributed by atoms with Crippen LogP contribution in [0.2, 0.25) is 0 Å². The minimum Gasteiger partial charge on any atom is -0.280 e. The molecule has 2 aromatic carbocycles. The van der Waals surface area contributed by atoms with Gasteiger partial charge in [-0.25, -0.2) is 0 Å². The molecule has 0 aliphatic heterocycles. The zero-order valence-electron chi connectivity index (χ0n) is 14.4. The van der Waals surface area contributed by atoms with Gasteiger partial charge in [-0.2, -0.15) is 0 Å². The lowest BCUT2D eigenvalue weighted by Gasteiger charge is -2.07. The molecule has 28 heavy (non-hydrogen) atoms. The van der Waals surface area contributed by atoms with E-state index in [1.54, 1.807) is 12.1 Å². The molecule has 10 heteroatoms. The third-order valence-corrected chi connectivity index (χ3v) is 6.60. The summed E-state index contributed by atoms with van der Waals surface area (Å²) >= 11 is 0. The maximum Gasteiger partial charge on any atom is 0.245 e. The van der Waals surface area contributed by atoms with Crippen molar-refractivity contribution in [3.63, 3.8) is 0 Å². The molecule has 0 fully saturated rings. The lowest BCUT2D eigenvalue weighted by Crippen LogP contribution is -2.22. The van der Waals surface area contributed by atoms with E-state index < -0.39 is 39.7 Å². The van der Waals surface area contributed by atoms with Crippen molar-refractivity contribution in [2.45, 2.75) is 0 Å². The molecular formula is C18H16N4O4S2. The minimum absolute atomic E-state index is 0.0239. The lowest BCUT2D eigenvalue weighted by atomic mass is 10.2. The summed E-state index contributed by atoms with van der Waals surface area (Å²) in [5.41, 5.74) is 0.0478. The van der Waals surface area contributed by atoms with Gasteiger partial charge in [0.05, 0.1) is 19.2 Å². The molecule has 4 N–H and O–H groups in total. The predicted octanol–water partition coefficient (Wildman–Crippen LogP) is 3.63. The maximum absolute atomic E-state index is 12.2. The van der Waals surface area contributed by atoms with Crippen LogP contribution in [0.15, 0.2) is 72.8 Å². The lowest BCUT2D eigenvalue weighted by molar-refractivity contribution is -0.109. The quantitative estimate of drug-likeness (QED) is 0.559. The highest BCUT2D eigenvalue weighted by molar-refractivity contribution is 8.21. The van der Waals surface area contributed by atoms with Crippen LogP contribution >= 0.6 is 0 Å². The molecule has 0 amide bonds. The molecule has 144 valence electrons. The van der Waals surface area contributed by atoms with E-state index in [1.807, 2.05) is 0 Å². The van der Waals surface area contributed by atoms with Gasteiger partial charge in [0.1, 0.15) is 0 Å². The van der Waals surface area contributed by atoms with Gasteiger partial charge in [0, 0.05) is 11.1 Å². The Morgan fingerprint density at radius 3 is 1.14 bits per heavy atom. The standard InChI is InChI=1S/C18H16N4O4S2/c19-27(20,17(25)13-7-3-1-4-8-13)15(23)11-12-16(24)28(21,22)18(26)14-9-5-2-6-10-14/h1-12,19-22H/b12-11-. The highest BCUT2D eigenvalue weighted by Crippen LogP contribution is 2.12. The van der Waals surface area contributed by atoms with Crippen molar-refractivity contribution < 1.29 is 19.2 Å². The first-order chi connectivity index (χ1) is 13.1. The largest absolute Gasteiger partial charge is 0.280 e.